The summed E-state index contributed by atoms with van der Waals surface area (Å²) in [5, 5.41) is 7.50. The average molecular weight is 295 g/mol. The zero-order valence-corrected chi connectivity index (χ0v) is 12.8. The Labute approximate surface area is 130 Å². The highest BCUT2D eigenvalue weighted by atomic mass is 16.2. The molecule has 4 heteroatoms. The van der Waals surface area contributed by atoms with Crippen LogP contribution < -0.4 is 0 Å². The number of aromatic amines is 1. The first-order valence-electron chi connectivity index (χ1n) is 8.29. The Morgan fingerprint density at radius 2 is 1.82 bits per heavy atom. The number of carbonyl (C=O) groups excluding carboxylic acids is 1. The first-order chi connectivity index (χ1) is 10.8. The van der Waals surface area contributed by atoms with Gasteiger partial charge < -0.3 is 4.90 Å². The second-order valence-corrected chi connectivity index (χ2v) is 6.29. The fourth-order valence-corrected chi connectivity index (χ4v) is 3.67. The summed E-state index contributed by atoms with van der Waals surface area (Å²) in [6, 6.07) is 8.37. The molecule has 2 heterocycles. The molecule has 114 valence electrons. The van der Waals surface area contributed by atoms with E-state index in [0.29, 0.717) is 5.69 Å². The van der Waals surface area contributed by atoms with Crippen molar-refractivity contribution in [1.29, 1.82) is 0 Å². The molecule has 0 saturated carbocycles. The number of rotatable bonds is 1. The largest absolute Gasteiger partial charge is 0.337 e. The third-order valence-corrected chi connectivity index (χ3v) is 4.89. The SMILES string of the molecule is O=C(c1[nH]nc2c1CCc1ccccc1-2)N1CCCCCC1. The van der Waals surface area contributed by atoms with E-state index in [1.54, 1.807) is 0 Å². The number of nitrogens with zero attached hydrogens (tertiary/aromatic N) is 2. The molecule has 1 saturated heterocycles. The topological polar surface area (TPSA) is 49.0 Å². The van der Waals surface area contributed by atoms with Gasteiger partial charge in [0.2, 0.25) is 0 Å². The first-order valence-corrected chi connectivity index (χ1v) is 8.29. The fourth-order valence-electron chi connectivity index (χ4n) is 3.67. The van der Waals surface area contributed by atoms with Crippen molar-refractivity contribution in [2.75, 3.05) is 13.1 Å². The fraction of sp³-hybridized carbons (Fsp3) is 0.444. The minimum absolute atomic E-state index is 0.134. The number of hydrogen-bond donors (Lipinski definition) is 1. The average Bonchev–Trinajstić information content (AvgIpc) is 2.81. The monoisotopic (exact) mass is 295 g/mol. The summed E-state index contributed by atoms with van der Waals surface area (Å²) in [4.78, 5) is 14.9. The van der Waals surface area contributed by atoms with E-state index in [2.05, 4.69) is 28.4 Å². The van der Waals surface area contributed by atoms with E-state index in [1.807, 2.05) is 11.0 Å². The summed E-state index contributed by atoms with van der Waals surface area (Å²) >= 11 is 0. The highest BCUT2D eigenvalue weighted by Crippen LogP contribution is 2.33. The van der Waals surface area contributed by atoms with Gasteiger partial charge >= 0.3 is 0 Å². The number of aryl methyl sites for hydroxylation is 1. The Kier molecular flexibility index (Phi) is 3.45. The maximum absolute atomic E-state index is 12.9. The van der Waals surface area contributed by atoms with Gasteiger partial charge in [-0.3, -0.25) is 9.89 Å². The first kappa shape index (κ1) is 13.6. The molecule has 0 bridgehead atoms. The van der Waals surface area contributed by atoms with Gasteiger partial charge in [0.05, 0.1) is 5.69 Å². The lowest BCUT2D eigenvalue weighted by Gasteiger charge is -2.21. The van der Waals surface area contributed by atoms with Crippen molar-refractivity contribution in [2.24, 2.45) is 0 Å². The third kappa shape index (κ3) is 2.23. The zero-order chi connectivity index (χ0) is 14.9. The molecule has 1 aromatic heterocycles. The van der Waals surface area contributed by atoms with Crippen LogP contribution in [0.5, 0.6) is 0 Å². The van der Waals surface area contributed by atoms with E-state index in [4.69, 9.17) is 0 Å². The van der Waals surface area contributed by atoms with E-state index in [-0.39, 0.29) is 5.91 Å². The standard InChI is InChI=1S/C18H21N3O/c22-18(21-11-5-1-2-6-12-21)17-15-10-9-13-7-3-4-8-14(13)16(15)19-20-17/h3-4,7-8H,1-2,5-6,9-12H2,(H,19,20). The van der Waals surface area contributed by atoms with Crippen molar-refractivity contribution in [3.05, 3.63) is 41.1 Å². The van der Waals surface area contributed by atoms with Crippen LogP contribution in [-0.2, 0) is 12.8 Å². The molecule has 1 aromatic carbocycles. The molecule has 1 N–H and O–H groups in total. The number of likely N-dealkylation sites (tertiary alicyclic amines) is 1. The number of aromatic nitrogens is 2. The zero-order valence-electron chi connectivity index (χ0n) is 12.8. The van der Waals surface area contributed by atoms with Crippen LogP contribution in [0.3, 0.4) is 0 Å². The number of amides is 1. The third-order valence-electron chi connectivity index (χ3n) is 4.89. The van der Waals surface area contributed by atoms with Gasteiger partial charge in [-0.2, -0.15) is 5.10 Å². The molecule has 1 aliphatic carbocycles. The van der Waals surface area contributed by atoms with Crippen LogP contribution in [0.15, 0.2) is 24.3 Å². The predicted octanol–water partition coefficient (Wildman–Crippen LogP) is 3.19. The quantitative estimate of drug-likeness (QED) is 0.878. The van der Waals surface area contributed by atoms with Gasteiger partial charge in [-0.15, -0.1) is 0 Å². The van der Waals surface area contributed by atoms with E-state index in [9.17, 15) is 4.79 Å². The molecule has 0 spiro atoms. The minimum Gasteiger partial charge on any atom is -0.337 e. The van der Waals surface area contributed by atoms with Crippen molar-refractivity contribution in [3.8, 4) is 11.3 Å². The Hall–Kier alpha value is -2.10. The summed E-state index contributed by atoms with van der Waals surface area (Å²) in [6.45, 7) is 1.76. The lowest BCUT2D eigenvalue weighted by Crippen LogP contribution is -2.32. The maximum atomic E-state index is 12.9. The van der Waals surface area contributed by atoms with Gasteiger partial charge in [0.25, 0.3) is 5.91 Å². The van der Waals surface area contributed by atoms with E-state index >= 15 is 0 Å². The molecule has 0 radical (unpaired) electrons. The van der Waals surface area contributed by atoms with Crippen molar-refractivity contribution in [1.82, 2.24) is 15.1 Å². The van der Waals surface area contributed by atoms with Gasteiger partial charge in [-0.1, -0.05) is 37.1 Å². The Balaban J connectivity index is 1.68. The summed E-state index contributed by atoms with van der Waals surface area (Å²) < 4.78 is 0. The van der Waals surface area contributed by atoms with Crippen molar-refractivity contribution < 1.29 is 4.79 Å². The van der Waals surface area contributed by atoms with E-state index < -0.39 is 0 Å². The van der Waals surface area contributed by atoms with Gasteiger partial charge in [-0.25, -0.2) is 0 Å². The number of hydrogen-bond acceptors (Lipinski definition) is 2. The second kappa shape index (κ2) is 5.59. The second-order valence-electron chi connectivity index (χ2n) is 6.29. The molecular formula is C18H21N3O. The van der Waals surface area contributed by atoms with Gasteiger partial charge in [0.15, 0.2) is 0 Å². The summed E-state index contributed by atoms with van der Waals surface area (Å²) in [6.07, 6.45) is 6.59. The minimum atomic E-state index is 0.134. The van der Waals surface area contributed by atoms with Crippen molar-refractivity contribution in [3.63, 3.8) is 0 Å². The van der Waals surface area contributed by atoms with E-state index in [1.165, 1.54) is 24.0 Å². The van der Waals surface area contributed by atoms with Gasteiger partial charge in [-0.05, 0) is 31.2 Å². The van der Waals surface area contributed by atoms with Crippen LogP contribution >= 0.6 is 0 Å². The smallest absolute Gasteiger partial charge is 0.272 e. The molecule has 0 atom stereocenters. The maximum Gasteiger partial charge on any atom is 0.272 e. The number of fused-ring (bicyclic) bond motifs is 3. The lowest BCUT2D eigenvalue weighted by molar-refractivity contribution is 0.0754. The number of nitrogens with one attached hydrogen (secondary N) is 1. The Morgan fingerprint density at radius 1 is 1.05 bits per heavy atom. The van der Waals surface area contributed by atoms with Crippen molar-refractivity contribution >= 4 is 5.91 Å². The molecule has 1 amide bonds. The van der Waals surface area contributed by atoms with Crippen LogP contribution in [0.25, 0.3) is 11.3 Å². The normalized spacial score (nSPS) is 17.5. The molecule has 2 aliphatic rings. The van der Waals surface area contributed by atoms with Gasteiger partial charge in [0.1, 0.15) is 5.69 Å². The highest BCUT2D eigenvalue weighted by Gasteiger charge is 2.27. The highest BCUT2D eigenvalue weighted by molar-refractivity contribution is 5.96. The molecule has 0 unspecified atom stereocenters. The van der Waals surface area contributed by atoms with Crippen LogP contribution in [0, 0.1) is 0 Å². The summed E-state index contributed by atoms with van der Waals surface area (Å²) in [5.74, 6) is 0.134. The molecule has 1 fully saturated rings. The predicted molar refractivity (Wildman–Crippen MR) is 85.8 cm³/mol. The molecule has 4 nitrogen and oxygen atoms in total. The Bertz CT molecular complexity index is 696. The summed E-state index contributed by atoms with van der Waals surface area (Å²) in [7, 11) is 0. The van der Waals surface area contributed by atoms with Crippen molar-refractivity contribution in [2.45, 2.75) is 38.5 Å². The molecule has 2 aromatic rings. The van der Waals surface area contributed by atoms with E-state index in [0.717, 1.165) is 50.0 Å². The number of carbonyl (C=O) groups is 1. The van der Waals surface area contributed by atoms with Gasteiger partial charge in [0, 0.05) is 24.2 Å². The molecule has 22 heavy (non-hydrogen) atoms. The van der Waals surface area contributed by atoms with Crippen LogP contribution in [0.2, 0.25) is 0 Å². The molecule has 4 rings (SSSR count). The van der Waals surface area contributed by atoms with Crippen LogP contribution in [-0.4, -0.2) is 34.1 Å². The van der Waals surface area contributed by atoms with Crippen LogP contribution in [0.1, 0.15) is 47.3 Å². The summed E-state index contributed by atoms with van der Waals surface area (Å²) in [5.41, 5.74) is 5.30. The number of benzene rings is 1. The molecular weight excluding hydrogens is 274 g/mol. The van der Waals surface area contributed by atoms with Crippen LogP contribution in [0.4, 0.5) is 0 Å². The Morgan fingerprint density at radius 3 is 2.64 bits per heavy atom. The lowest BCUT2D eigenvalue weighted by atomic mass is 9.89. The molecule has 1 aliphatic heterocycles. The number of H-pyrrole nitrogens is 1.